The zero-order valence-corrected chi connectivity index (χ0v) is 16.8. The van der Waals surface area contributed by atoms with Crippen LogP contribution in [0, 0.1) is 0 Å². The van der Waals surface area contributed by atoms with Gasteiger partial charge in [-0.05, 0) is 30.2 Å². The minimum absolute atomic E-state index is 0.0868. The molecule has 150 valence electrons. The molecule has 0 saturated heterocycles. The van der Waals surface area contributed by atoms with E-state index in [4.69, 9.17) is 5.14 Å². The Labute approximate surface area is 164 Å². The highest BCUT2D eigenvalue weighted by Crippen LogP contribution is 2.41. The topological polar surface area (TPSA) is 127 Å². The molecule has 0 aromatic heterocycles. The summed E-state index contributed by atoms with van der Waals surface area (Å²) >= 11 is 0. The van der Waals surface area contributed by atoms with E-state index in [2.05, 4.69) is 5.32 Å². The third-order valence-electron chi connectivity index (χ3n) is 4.45. The van der Waals surface area contributed by atoms with Crippen LogP contribution in [0.4, 0.5) is 11.4 Å². The van der Waals surface area contributed by atoms with E-state index in [0.29, 0.717) is 18.4 Å². The number of nitrogens with zero attached hydrogens (tertiary/aromatic N) is 1. The molecule has 3 rings (SSSR count). The van der Waals surface area contributed by atoms with Crippen LogP contribution in [-0.4, -0.2) is 28.5 Å². The van der Waals surface area contributed by atoms with Gasteiger partial charge in [0.25, 0.3) is 5.91 Å². The summed E-state index contributed by atoms with van der Waals surface area (Å²) < 4.78 is 50.6. The lowest BCUT2D eigenvalue weighted by Crippen LogP contribution is -2.46. The Morgan fingerprint density at radius 2 is 1.75 bits per heavy atom. The lowest BCUT2D eigenvalue weighted by Gasteiger charge is -2.37. The second-order valence-electron chi connectivity index (χ2n) is 6.49. The normalized spacial score (nSPS) is 17.1. The van der Waals surface area contributed by atoms with Crippen molar-refractivity contribution < 1.29 is 21.6 Å². The highest BCUT2D eigenvalue weighted by atomic mass is 32.2. The van der Waals surface area contributed by atoms with E-state index in [0.717, 1.165) is 4.31 Å². The van der Waals surface area contributed by atoms with E-state index >= 15 is 0 Å². The standard InChI is InChI=1S/C18H21N3O5S2/c1-2-3-11-27(23,24)21-16-10-9-14(28(19,25)26)12-15(16)20-18(22)17(21)13-7-5-4-6-8-13/h4-10,12,17H,2-3,11H2,1H3,(H,20,22)(H2,19,25,26). The van der Waals surface area contributed by atoms with Gasteiger partial charge in [0.1, 0.15) is 6.04 Å². The second kappa shape index (κ2) is 7.53. The van der Waals surface area contributed by atoms with Gasteiger partial charge in [-0.1, -0.05) is 43.7 Å². The fourth-order valence-electron chi connectivity index (χ4n) is 3.09. The van der Waals surface area contributed by atoms with Crippen molar-refractivity contribution in [1.82, 2.24) is 0 Å². The number of rotatable bonds is 6. The monoisotopic (exact) mass is 423 g/mol. The fraction of sp³-hybridized carbons (Fsp3) is 0.278. The number of fused-ring (bicyclic) bond motifs is 1. The van der Waals surface area contributed by atoms with Crippen LogP contribution in [0.15, 0.2) is 53.4 Å². The zero-order valence-electron chi connectivity index (χ0n) is 15.2. The Morgan fingerprint density at radius 1 is 1.07 bits per heavy atom. The van der Waals surface area contributed by atoms with Crippen molar-refractivity contribution in [1.29, 1.82) is 0 Å². The van der Waals surface area contributed by atoms with Gasteiger partial charge in [0, 0.05) is 0 Å². The molecule has 28 heavy (non-hydrogen) atoms. The molecule has 2 aromatic carbocycles. The summed E-state index contributed by atoms with van der Waals surface area (Å²) in [6, 6.07) is 11.2. The number of carbonyl (C=O) groups excluding carboxylic acids is 1. The van der Waals surface area contributed by atoms with Crippen molar-refractivity contribution in [3.8, 4) is 0 Å². The Kier molecular flexibility index (Phi) is 5.46. The third kappa shape index (κ3) is 3.89. The van der Waals surface area contributed by atoms with Gasteiger partial charge in [-0.25, -0.2) is 22.0 Å². The van der Waals surface area contributed by atoms with E-state index in [1.165, 1.54) is 18.2 Å². The summed E-state index contributed by atoms with van der Waals surface area (Å²) in [5, 5.41) is 7.77. The quantitative estimate of drug-likeness (QED) is 0.734. The van der Waals surface area contributed by atoms with Crippen LogP contribution >= 0.6 is 0 Å². The maximum absolute atomic E-state index is 13.1. The molecule has 2 aromatic rings. The number of hydrogen-bond acceptors (Lipinski definition) is 5. The van der Waals surface area contributed by atoms with Crippen LogP contribution in [0.2, 0.25) is 0 Å². The summed E-state index contributed by atoms with van der Waals surface area (Å²) in [4.78, 5) is 12.6. The molecule has 0 radical (unpaired) electrons. The highest BCUT2D eigenvalue weighted by Gasteiger charge is 2.41. The SMILES string of the molecule is CCCCS(=O)(=O)N1c2ccc(S(N)(=O)=O)cc2NC(=O)C1c1ccccc1. The summed E-state index contributed by atoms with van der Waals surface area (Å²) in [6.07, 6.45) is 1.11. The molecule has 0 fully saturated rings. The van der Waals surface area contributed by atoms with Crippen molar-refractivity contribution in [3.05, 3.63) is 54.1 Å². The maximum atomic E-state index is 13.1. The molecule has 1 unspecified atom stereocenters. The number of unbranched alkanes of at least 4 members (excludes halogenated alkanes) is 1. The number of nitrogens with two attached hydrogens (primary N) is 1. The van der Waals surface area contributed by atoms with E-state index in [-0.39, 0.29) is 22.0 Å². The lowest BCUT2D eigenvalue weighted by molar-refractivity contribution is -0.117. The Hall–Kier alpha value is -2.43. The minimum atomic E-state index is -4.01. The van der Waals surface area contributed by atoms with Gasteiger partial charge in [-0.2, -0.15) is 0 Å². The molecule has 1 aliphatic rings. The molecule has 1 aliphatic heterocycles. The van der Waals surface area contributed by atoms with Crippen molar-refractivity contribution >= 4 is 37.3 Å². The number of primary sulfonamides is 1. The molecule has 0 bridgehead atoms. The summed E-state index contributed by atoms with van der Waals surface area (Å²) in [5.41, 5.74) is 0.807. The second-order valence-corrected chi connectivity index (χ2v) is 10.0. The average molecular weight is 424 g/mol. The zero-order chi connectivity index (χ0) is 20.5. The first-order chi connectivity index (χ1) is 13.1. The van der Waals surface area contributed by atoms with Crippen LogP contribution in [0.25, 0.3) is 0 Å². The molecule has 8 nitrogen and oxygen atoms in total. The van der Waals surface area contributed by atoms with Crippen LogP contribution in [-0.2, 0) is 24.8 Å². The molecular weight excluding hydrogens is 402 g/mol. The van der Waals surface area contributed by atoms with E-state index in [9.17, 15) is 21.6 Å². The molecule has 3 N–H and O–H groups in total. The van der Waals surface area contributed by atoms with Crippen LogP contribution in [0.1, 0.15) is 31.4 Å². The molecule has 1 amide bonds. The van der Waals surface area contributed by atoms with Crippen molar-refractivity contribution in [2.45, 2.75) is 30.7 Å². The molecule has 0 saturated carbocycles. The van der Waals surface area contributed by atoms with Gasteiger partial charge in [-0.3, -0.25) is 9.10 Å². The van der Waals surface area contributed by atoms with Gasteiger partial charge in [0.2, 0.25) is 20.0 Å². The third-order valence-corrected chi connectivity index (χ3v) is 7.17. The van der Waals surface area contributed by atoms with Crippen LogP contribution in [0.3, 0.4) is 0 Å². The maximum Gasteiger partial charge on any atom is 0.252 e. The summed E-state index contributed by atoms with van der Waals surface area (Å²) in [5.74, 6) is -0.693. The molecule has 1 atom stereocenters. The number of sulfonamides is 2. The Morgan fingerprint density at radius 3 is 2.36 bits per heavy atom. The Bertz CT molecular complexity index is 1100. The molecule has 1 heterocycles. The van der Waals surface area contributed by atoms with E-state index in [1.54, 1.807) is 30.3 Å². The summed E-state index contributed by atoms with van der Waals surface area (Å²) in [7, 11) is -7.85. The summed E-state index contributed by atoms with van der Waals surface area (Å²) in [6.45, 7) is 1.87. The predicted octanol–water partition coefficient (Wildman–Crippen LogP) is 1.96. The fourth-order valence-corrected chi connectivity index (χ4v) is 5.48. The first-order valence-corrected chi connectivity index (χ1v) is 11.9. The molecule has 10 heteroatoms. The number of benzene rings is 2. The van der Waals surface area contributed by atoms with Gasteiger partial charge in [0.05, 0.1) is 22.0 Å². The predicted molar refractivity (Wildman–Crippen MR) is 107 cm³/mol. The van der Waals surface area contributed by atoms with Gasteiger partial charge in [-0.15, -0.1) is 0 Å². The molecule has 0 aliphatic carbocycles. The van der Waals surface area contributed by atoms with Crippen molar-refractivity contribution in [3.63, 3.8) is 0 Å². The van der Waals surface area contributed by atoms with Gasteiger partial charge in [0.15, 0.2) is 0 Å². The lowest BCUT2D eigenvalue weighted by atomic mass is 10.0. The number of carbonyl (C=O) groups is 1. The van der Waals surface area contributed by atoms with Crippen molar-refractivity contribution in [2.75, 3.05) is 15.4 Å². The Balaban J connectivity index is 2.20. The van der Waals surface area contributed by atoms with Crippen LogP contribution < -0.4 is 14.8 Å². The molecule has 0 spiro atoms. The van der Waals surface area contributed by atoms with Gasteiger partial charge < -0.3 is 5.32 Å². The van der Waals surface area contributed by atoms with E-state index < -0.39 is 32.0 Å². The largest absolute Gasteiger partial charge is 0.322 e. The first-order valence-electron chi connectivity index (χ1n) is 8.70. The van der Waals surface area contributed by atoms with E-state index in [1.807, 2.05) is 6.92 Å². The number of nitrogens with one attached hydrogen (secondary N) is 1. The number of hydrogen-bond donors (Lipinski definition) is 2. The highest BCUT2D eigenvalue weighted by molar-refractivity contribution is 7.92. The smallest absolute Gasteiger partial charge is 0.252 e. The molecular formula is C18H21N3O5S2. The average Bonchev–Trinajstić information content (AvgIpc) is 2.64. The van der Waals surface area contributed by atoms with Crippen molar-refractivity contribution in [2.24, 2.45) is 5.14 Å². The van der Waals surface area contributed by atoms with Gasteiger partial charge >= 0.3 is 0 Å². The number of anilines is 2. The van der Waals surface area contributed by atoms with Crippen LogP contribution in [0.5, 0.6) is 0 Å². The minimum Gasteiger partial charge on any atom is -0.322 e. The number of amides is 1. The first kappa shape index (κ1) is 20.3.